The number of nitrogens with zero attached hydrogens (tertiary/aromatic N) is 1. The van der Waals surface area contributed by atoms with Gasteiger partial charge in [0, 0.05) is 0 Å². The number of hydrogen-bond donors (Lipinski definition) is 1. The topological polar surface area (TPSA) is 24.9 Å². The quantitative estimate of drug-likeness (QED) is 0.863. The van der Waals surface area contributed by atoms with E-state index in [4.69, 9.17) is 0 Å². The Hall–Kier alpha value is 0.229. The first-order chi connectivity index (χ1) is 5.54. The molecule has 0 fully saturated rings. The van der Waals surface area contributed by atoms with E-state index in [9.17, 15) is 0 Å². The summed E-state index contributed by atoms with van der Waals surface area (Å²) in [7, 11) is 0. The molecule has 1 rings (SSSR count). The SMILES string of the molecule is CCNc1n[c]([Sn]([CH3])([CH3])[CH3])cs1. The second-order valence-electron chi connectivity index (χ2n) is 3.82. The average molecular weight is 291 g/mol. The van der Waals surface area contributed by atoms with Crippen molar-refractivity contribution in [1.82, 2.24) is 4.98 Å². The zero-order valence-electron chi connectivity index (χ0n) is 8.14. The second-order valence-corrected chi connectivity index (χ2v) is 19.0. The van der Waals surface area contributed by atoms with Gasteiger partial charge in [0.15, 0.2) is 0 Å². The molecule has 0 aromatic carbocycles. The summed E-state index contributed by atoms with van der Waals surface area (Å²) >= 11 is -0.144. The van der Waals surface area contributed by atoms with E-state index in [0.29, 0.717) is 0 Å². The molecule has 1 heterocycles. The van der Waals surface area contributed by atoms with E-state index in [-0.39, 0.29) is 0 Å². The average Bonchev–Trinajstić information content (AvgIpc) is 2.35. The van der Waals surface area contributed by atoms with E-state index >= 15 is 0 Å². The van der Waals surface area contributed by atoms with Crippen molar-refractivity contribution >= 4 is 38.6 Å². The molecule has 0 atom stereocenters. The molecular formula is C8H16N2SSn. The molecule has 1 aromatic heterocycles. The number of aromatic nitrogens is 1. The van der Waals surface area contributed by atoms with Crippen LogP contribution in [0.25, 0.3) is 0 Å². The normalized spacial score (nSPS) is 11.7. The van der Waals surface area contributed by atoms with Crippen LogP contribution in [0, 0.1) is 0 Å². The van der Waals surface area contributed by atoms with Crippen LogP contribution in [-0.2, 0) is 0 Å². The summed E-state index contributed by atoms with van der Waals surface area (Å²) in [5.41, 5.74) is 0. The summed E-state index contributed by atoms with van der Waals surface area (Å²) in [5, 5.41) is 6.54. The number of rotatable bonds is 3. The molecule has 4 heteroatoms. The molecular weight excluding hydrogens is 275 g/mol. The molecule has 0 saturated carbocycles. The molecule has 0 aliphatic carbocycles. The maximum atomic E-state index is 4.57. The van der Waals surface area contributed by atoms with Gasteiger partial charge in [0.05, 0.1) is 0 Å². The molecule has 0 aliphatic rings. The fraction of sp³-hybridized carbons (Fsp3) is 0.625. The Kier molecular flexibility index (Phi) is 3.40. The first kappa shape index (κ1) is 10.3. The van der Waals surface area contributed by atoms with Gasteiger partial charge in [-0.05, 0) is 0 Å². The predicted molar refractivity (Wildman–Crippen MR) is 59.3 cm³/mol. The number of nitrogens with one attached hydrogen (secondary N) is 1. The summed E-state index contributed by atoms with van der Waals surface area (Å²) < 4.78 is 1.38. The molecule has 0 amide bonds. The standard InChI is InChI=1S/C5H7N2S.3CH3.Sn/c1-2-6-5-7-3-4-8-5;;;;/h4H,2H2,1H3,(H,6,7);3*1H3;. The Morgan fingerprint density at radius 2 is 2.17 bits per heavy atom. The Labute approximate surface area is 82.3 Å². The molecule has 12 heavy (non-hydrogen) atoms. The number of anilines is 1. The Bertz CT molecular complexity index is 252. The van der Waals surface area contributed by atoms with Crippen LogP contribution in [0.15, 0.2) is 5.38 Å². The van der Waals surface area contributed by atoms with Crippen molar-refractivity contribution in [3.8, 4) is 0 Å². The number of hydrogen-bond acceptors (Lipinski definition) is 3. The van der Waals surface area contributed by atoms with Gasteiger partial charge in [-0.3, -0.25) is 0 Å². The van der Waals surface area contributed by atoms with E-state index in [0.717, 1.165) is 11.7 Å². The van der Waals surface area contributed by atoms with Gasteiger partial charge in [0.25, 0.3) is 0 Å². The van der Waals surface area contributed by atoms with Gasteiger partial charge < -0.3 is 0 Å². The summed E-state index contributed by atoms with van der Waals surface area (Å²) in [6.07, 6.45) is 0. The van der Waals surface area contributed by atoms with Gasteiger partial charge in [-0.1, -0.05) is 0 Å². The van der Waals surface area contributed by atoms with Crippen molar-refractivity contribution in [3.63, 3.8) is 0 Å². The zero-order valence-corrected chi connectivity index (χ0v) is 11.8. The predicted octanol–water partition coefficient (Wildman–Crippen LogP) is 2.12. The molecule has 68 valence electrons. The molecule has 0 unspecified atom stereocenters. The van der Waals surface area contributed by atoms with Crippen LogP contribution in [0.4, 0.5) is 5.13 Å². The Morgan fingerprint density at radius 1 is 1.50 bits per heavy atom. The second kappa shape index (κ2) is 3.96. The van der Waals surface area contributed by atoms with Crippen molar-refractivity contribution in [1.29, 1.82) is 0 Å². The van der Waals surface area contributed by atoms with Crippen LogP contribution in [0.3, 0.4) is 0 Å². The first-order valence-electron chi connectivity index (χ1n) is 4.24. The van der Waals surface area contributed by atoms with E-state index in [2.05, 4.69) is 37.4 Å². The molecule has 2 nitrogen and oxygen atoms in total. The maximum absolute atomic E-state index is 4.57. The van der Waals surface area contributed by atoms with E-state index in [1.165, 1.54) is 3.71 Å². The fourth-order valence-electron chi connectivity index (χ4n) is 0.851. The van der Waals surface area contributed by atoms with Gasteiger partial charge in [-0.2, -0.15) is 0 Å². The van der Waals surface area contributed by atoms with Gasteiger partial charge >= 0.3 is 82.5 Å². The summed E-state index contributed by atoms with van der Waals surface area (Å²) in [5.74, 6) is 0. The van der Waals surface area contributed by atoms with Crippen LogP contribution in [-0.4, -0.2) is 29.9 Å². The molecule has 1 aromatic rings. The van der Waals surface area contributed by atoms with Crippen molar-refractivity contribution in [2.75, 3.05) is 11.9 Å². The summed E-state index contributed by atoms with van der Waals surface area (Å²) in [4.78, 5) is 11.7. The van der Waals surface area contributed by atoms with Crippen LogP contribution >= 0.6 is 11.3 Å². The van der Waals surface area contributed by atoms with E-state index in [1.807, 2.05) is 0 Å². The molecule has 0 bridgehead atoms. The Morgan fingerprint density at radius 3 is 2.58 bits per heavy atom. The van der Waals surface area contributed by atoms with E-state index in [1.54, 1.807) is 11.3 Å². The summed E-state index contributed by atoms with van der Waals surface area (Å²) in [6.45, 7) is 3.06. The molecule has 0 radical (unpaired) electrons. The molecule has 1 N–H and O–H groups in total. The van der Waals surface area contributed by atoms with Gasteiger partial charge in [-0.25, -0.2) is 0 Å². The van der Waals surface area contributed by atoms with Crippen molar-refractivity contribution in [3.05, 3.63) is 5.38 Å². The number of thiazole rings is 1. The molecule has 0 aliphatic heterocycles. The van der Waals surface area contributed by atoms with Gasteiger partial charge in [0.2, 0.25) is 0 Å². The van der Waals surface area contributed by atoms with Gasteiger partial charge in [-0.15, -0.1) is 0 Å². The minimum absolute atomic E-state index is 0.965. The minimum atomic E-state index is -1.87. The third-order valence-electron chi connectivity index (χ3n) is 1.60. The first-order valence-corrected chi connectivity index (χ1v) is 15.1. The van der Waals surface area contributed by atoms with Crippen molar-refractivity contribution in [2.24, 2.45) is 0 Å². The van der Waals surface area contributed by atoms with Crippen molar-refractivity contribution in [2.45, 2.75) is 21.7 Å². The zero-order chi connectivity index (χ0) is 9.19. The monoisotopic (exact) mass is 292 g/mol. The third-order valence-corrected chi connectivity index (χ3v) is 8.12. The van der Waals surface area contributed by atoms with Crippen molar-refractivity contribution < 1.29 is 0 Å². The molecule has 0 spiro atoms. The molecule has 0 saturated heterocycles. The van der Waals surface area contributed by atoms with E-state index < -0.39 is 18.4 Å². The van der Waals surface area contributed by atoms with Crippen LogP contribution in [0.2, 0.25) is 14.8 Å². The fourth-order valence-corrected chi connectivity index (χ4v) is 6.90. The van der Waals surface area contributed by atoms with Crippen LogP contribution in [0.1, 0.15) is 6.92 Å². The van der Waals surface area contributed by atoms with Gasteiger partial charge in [0.1, 0.15) is 0 Å². The third kappa shape index (κ3) is 2.62. The van der Waals surface area contributed by atoms with Crippen LogP contribution < -0.4 is 9.03 Å². The Balaban J connectivity index is 2.77. The summed E-state index contributed by atoms with van der Waals surface area (Å²) in [6, 6.07) is 0. The van der Waals surface area contributed by atoms with Crippen LogP contribution in [0.5, 0.6) is 0 Å².